The third kappa shape index (κ3) is 2.88. The van der Waals surface area contributed by atoms with Crippen LogP contribution in [-0.4, -0.2) is 33.7 Å². The molecule has 0 saturated carbocycles. The van der Waals surface area contributed by atoms with Gasteiger partial charge in [-0.05, 0) is 0 Å². The van der Waals surface area contributed by atoms with E-state index in [1.165, 1.54) is 11.5 Å². The first-order valence-electron chi connectivity index (χ1n) is 4.76. The molecule has 0 atom stereocenters. The number of methoxy groups -OCH3 is 1. The minimum absolute atomic E-state index is 0.380. The summed E-state index contributed by atoms with van der Waals surface area (Å²) in [5.74, 6) is 0.514. The molecular formula is C8H11N5O3S. The fourth-order valence-electron chi connectivity index (χ4n) is 1.21. The van der Waals surface area contributed by atoms with E-state index in [0.29, 0.717) is 24.8 Å². The van der Waals surface area contributed by atoms with E-state index in [1.54, 1.807) is 7.11 Å². The van der Waals surface area contributed by atoms with Crippen LogP contribution in [0.2, 0.25) is 0 Å². The number of H-pyrrole nitrogens is 1. The molecule has 2 aromatic heterocycles. The van der Waals surface area contributed by atoms with Gasteiger partial charge < -0.3 is 9.64 Å². The number of anilines is 1. The maximum Gasteiger partial charge on any atom is 0.438 e. The lowest BCUT2D eigenvalue weighted by atomic mass is 10.5. The Morgan fingerprint density at radius 2 is 2.41 bits per heavy atom. The van der Waals surface area contributed by atoms with Crippen LogP contribution in [0.25, 0.3) is 0 Å². The summed E-state index contributed by atoms with van der Waals surface area (Å²) in [7, 11) is 3.41. The first-order valence-corrected chi connectivity index (χ1v) is 5.54. The van der Waals surface area contributed by atoms with Crippen molar-refractivity contribution in [3.63, 3.8) is 0 Å². The van der Waals surface area contributed by atoms with Crippen molar-refractivity contribution in [3.05, 3.63) is 22.2 Å². The lowest BCUT2D eigenvalue weighted by Crippen LogP contribution is -2.17. The Labute approximate surface area is 100 Å². The summed E-state index contributed by atoms with van der Waals surface area (Å²) in [4.78, 5) is 19.3. The van der Waals surface area contributed by atoms with Gasteiger partial charge in [0, 0.05) is 25.7 Å². The molecule has 2 heterocycles. The molecule has 0 aliphatic rings. The third-order valence-electron chi connectivity index (χ3n) is 1.93. The second-order valence-electron chi connectivity index (χ2n) is 3.32. The summed E-state index contributed by atoms with van der Waals surface area (Å²) < 4.78 is 13.5. The Kier molecular flexibility index (Phi) is 3.49. The first kappa shape index (κ1) is 11.7. The Morgan fingerprint density at radius 3 is 3.06 bits per heavy atom. The van der Waals surface area contributed by atoms with Crippen LogP contribution in [-0.2, 0) is 17.9 Å². The summed E-state index contributed by atoms with van der Waals surface area (Å²) in [6.07, 6.45) is 0. The number of hydrogen-bond donors (Lipinski definition) is 1. The standard InChI is InChI=1S/C8H11N5O3S/c1-13(3-5-10-8(14)16-11-5)7-9-6(4-15-2)12-17-7/h3-4H2,1-2H3,(H,10,11,14). The summed E-state index contributed by atoms with van der Waals surface area (Å²) in [6, 6.07) is 0. The van der Waals surface area contributed by atoms with E-state index in [4.69, 9.17) is 4.74 Å². The second-order valence-corrected chi connectivity index (χ2v) is 4.05. The molecule has 0 spiro atoms. The zero-order chi connectivity index (χ0) is 12.3. The van der Waals surface area contributed by atoms with Crippen molar-refractivity contribution in [2.45, 2.75) is 13.2 Å². The van der Waals surface area contributed by atoms with E-state index in [0.717, 1.165) is 5.13 Å². The van der Waals surface area contributed by atoms with Gasteiger partial charge in [0.2, 0.25) is 5.13 Å². The van der Waals surface area contributed by atoms with Gasteiger partial charge in [-0.25, -0.2) is 9.78 Å². The largest absolute Gasteiger partial charge is 0.438 e. The van der Waals surface area contributed by atoms with Crippen LogP contribution < -0.4 is 10.7 Å². The molecule has 0 radical (unpaired) electrons. The molecule has 17 heavy (non-hydrogen) atoms. The average Bonchev–Trinajstić information content (AvgIpc) is 2.88. The van der Waals surface area contributed by atoms with E-state index in [9.17, 15) is 4.79 Å². The van der Waals surface area contributed by atoms with Gasteiger partial charge >= 0.3 is 5.76 Å². The Balaban J connectivity index is 2.03. The monoisotopic (exact) mass is 257 g/mol. The molecule has 8 nitrogen and oxygen atoms in total. The van der Waals surface area contributed by atoms with Crippen LogP contribution in [0.15, 0.2) is 9.32 Å². The summed E-state index contributed by atoms with van der Waals surface area (Å²) in [6.45, 7) is 0.776. The molecule has 0 aliphatic heterocycles. The van der Waals surface area contributed by atoms with Gasteiger partial charge in [-0.1, -0.05) is 5.16 Å². The van der Waals surface area contributed by atoms with Gasteiger partial charge in [0.25, 0.3) is 0 Å². The highest BCUT2D eigenvalue weighted by Gasteiger charge is 2.11. The van der Waals surface area contributed by atoms with Crippen molar-refractivity contribution in [1.82, 2.24) is 19.5 Å². The number of nitrogens with zero attached hydrogens (tertiary/aromatic N) is 4. The lowest BCUT2D eigenvalue weighted by molar-refractivity contribution is 0.179. The van der Waals surface area contributed by atoms with Crippen molar-refractivity contribution in [2.24, 2.45) is 0 Å². The molecule has 0 aliphatic carbocycles. The van der Waals surface area contributed by atoms with Gasteiger partial charge in [0.1, 0.15) is 6.61 Å². The fraction of sp³-hybridized carbons (Fsp3) is 0.500. The average molecular weight is 257 g/mol. The van der Waals surface area contributed by atoms with Gasteiger partial charge in [-0.2, -0.15) is 4.37 Å². The number of ether oxygens (including phenoxy) is 1. The molecule has 0 unspecified atom stereocenters. The normalized spacial score (nSPS) is 10.7. The molecule has 0 aromatic carbocycles. The SMILES string of the molecule is COCc1nsc(N(C)Cc2noc(=O)[nH]2)n1. The van der Waals surface area contributed by atoms with Gasteiger partial charge in [0.15, 0.2) is 11.6 Å². The molecule has 2 aromatic rings. The first-order chi connectivity index (χ1) is 8.19. The molecule has 0 saturated heterocycles. The predicted octanol–water partition coefficient (Wildman–Crippen LogP) is -0.00280. The van der Waals surface area contributed by atoms with Gasteiger partial charge in [-0.15, -0.1) is 0 Å². The zero-order valence-corrected chi connectivity index (χ0v) is 10.2. The maximum absolute atomic E-state index is 10.8. The van der Waals surface area contributed by atoms with E-state index >= 15 is 0 Å². The van der Waals surface area contributed by atoms with Crippen LogP contribution in [0.4, 0.5) is 5.13 Å². The molecule has 0 fully saturated rings. The molecular weight excluding hydrogens is 246 g/mol. The summed E-state index contributed by atoms with van der Waals surface area (Å²) in [5.41, 5.74) is 0. The van der Waals surface area contributed by atoms with Crippen molar-refractivity contribution in [2.75, 3.05) is 19.1 Å². The molecule has 1 N–H and O–H groups in total. The van der Waals surface area contributed by atoms with Crippen molar-refractivity contribution >= 4 is 16.7 Å². The molecule has 0 bridgehead atoms. The van der Waals surface area contributed by atoms with Crippen LogP contribution in [0.5, 0.6) is 0 Å². The highest BCUT2D eigenvalue weighted by atomic mass is 32.1. The third-order valence-corrected chi connectivity index (χ3v) is 2.80. The maximum atomic E-state index is 10.8. The Morgan fingerprint density at radius 1 is 1.59 bits per heavy atom. The molecule has 9 heteroatoms. The number of hydrogen-bond acceptors (Lipinski definition) is 8. The lowest BCUT2D eigenvalue weighted by Gasteiger charge is -2.11. The number of rotatable bonds is 5. The van der Waals surface area contributed by atoms with Crippen molar-refractivity contribution in [3.8, 4) is 0 Å². The highest BCUT2D eigenvalue weighted by Crippen LogP contribution is 2.17. The zero-order valence-electron chi connectivity index (χ0n) is 9.34. The van der Waals surface area contributed by atoms with Gasteiger partial charge in [-0.3, -0.25) is 9.51 Å². The molecule has 92 valence electrons. The predicted molar refractivity (Wildman–Crippen MR) is 59.9 cm³/mol. The Hall–Kier alpha value is -1.74. The molecule has 2 rings (SSSR count). The van der Waals surface area contributed by atoms with Crippen molar-refractivity contribution < 1.29 is 9.26 Å². The van der Waals surface area contributed by atoms with Crippen molar-refractivity contribution in [1.29, 1.82) is 0 Å². The van der Waals surface area contributed by atoms with E-state index in [2.05, 4.69) is 24.0 Å². The quantitative estimate of drug-likeness (QED) is 0.804. The van der Waals surface area contributed by atoms with E-state index in [1.807, 2.05) is 11.9 Å². The summed E-state index contributed by atoms with van der Waals surface area (Å²) in [5, 5.41) is 4.29. The van der Waals surface area contributed by atoms with Crippen LogP contribution >= 0.6 is 11.5 Å². The smallest absolute Gasteiger partial charge is 0.377 e. The topological polar surface area (TPSA) is 97.1 Å². The number of nitrogens with one attached hydrogen (secondary N) is 1. The van der Waals surface area contributed by atoms with Crippen LogP contribution in [0, 0.1) is 0 Å². The van der Waals surface area contributed by atoms with Crippen LogP contribution in [0.1, 0.15) is 11.6 Å². The molecule has 0 amide bonds. The minimum atomic E-state index is -0.564. The Bertz CT molecular complexity index is 533. The number of aromatic amines is 1. The van der Waals surface area contributed by atoms with E-state index in [-0.39, 0.29) is 0 Å². The summed E-state index contributed by atoms with van der Waals surface area (Å²) >= 11 is 1.26. The number of aromatic nitrogens is 4. The minimum Gasteiger partial charge on any atom is -0.377 e. The van der Waals surface area contributed by atoms with Crippen LogP contribution in [0.3, 0.4) is 0 Å². The highest BCUT2D eigenvalue weighted by molar-refractivity contribution is 7.09. The fourth-order valence-corrected chi connectivity index (χ4v) is 1.84. The second kappa shape index (κ2) is 5.06. The van der Waals surface area contributed by atoms with E-state index < -0.39 is 5.76 Å². The van der Waals surface area contributed by atoms with Gasteiger partial charge in [0.05, 0.1) is 6.54 Å².